The second kappa shape index (κ2) is 10.0. The molecule has 33 heavy (non-hydrogen) atoms. The maximum atomic E-state index is 12.8. The third-order valence-electron chi connectivity index (χ3n) is 4.75. The molecule has 4 aromatic rings. The first-order valence-electron chi connectivity index (χ1n) is 10.0. The van der Waals surface area contributed by atoms with Crippen LogP contribution in [0, 0.1) is 0 Å². The minimum Gasteiger partial charge on any atom is -0.477 e. The molecule has 6 nitrogen and oxygen atoms in total. The number of hydrogen-bond acceptors (Lipinski definition) is 3. The van der Waals surface area contributed by atoms with Gasteiger partial charge in [0.05, 0.1) is 4.47 Å². The second-order valence-electron chi connectivity index (χ2n) is 7.02. The maximum Gasteiger partial charge on any atom is 0.352 e. The van der Waals surface area contributed by atoms with Crippen LogP contribution >= 0.6 is 15.9 Å². The molecule has 1 heterocycles. The molecule has 3 aromatic carbocycles. The first-order valence-corrected chi connectivity index (χ1v) is 10.8. The standard InChI is InChI=1S/C26H19BrN2O4/c27-21-9-4-5-11-24(21)33-20-14-12-18(13-15-20)17-22(26(31)32)28-25(30)23-10-6-16-29(23)19-7-2-1-3-8-19/h1-17H,(H,28,30)(H,31,32). The first kappa shape index (κ1) is 22.1. The minimum absolute atomic E-state index is 0.236. The molecule has 0 unspecified atom stereocenters. The molecule has 1 aromatic heterocycles. The lowest BCUT2D eigenvalue weighted by molar-refractivity contribution is -0.132. The van der Waals surface area contributed by atoms with Crippen LogP contribution in [-0.4, -0.2) is 21.6 Å². The number of aromatic nitrogens is 1. The first-order chi connectivity index (χ1) is 16.0. The van der Waals surface area contributed by atoms with E-state index in [0.29, 0.717) is 22.8 Å². The van der Waals surface area contributed by atoms with Crippen LogP contribution in [0.25, 0.3) is 11.8 Å². The Bertz CT molecular complexity index is 1310. The van der Waals surface area contributed by atoms with E-state index in [1.165, 1.54) is 6.08 Å². The van der Waals surface area contributed by atoms with Crippen LogP contribution in [0.4, 0.5) is 0 Å². The van der Waals surface area contributed by atoms with Crippen molar-refractivity contribution < 1.29 is 19.4 Å². The monoisotopic (exact) mass is 502 g/mol. The van der Waals surface area contributed by atoms with Gasteiger partial charge in [-0.05, 0) is 76.1 Å². The number of ether oxygens (including phenoxy) is 1. The van der Waals surface area contributed by atoms with Gasteiger partial charge in [0.15, 0.2) is 0 Å². The van der Waals surface area contributed by atoms with Gasteiger partial charge in [0, 0.05) is 11.9 Å². The van der Waals surface area contributed by atoms with E-state index in [0.717, 1.165) is 10.2 Å². The Morgan fingerprint density at radius 2 is 1.58 bits per heavy atom. The molecule has 0 saturated heterocycles. The Morgan fingerprint density at radius 1 is 0.879 bits per heavy atom. The molecule has 1 amide bonds. The van der Waals surface area contributed by atoms with Crippen molar-refractivity contribution in [1.29, 1.82) is 0 Å². The van der Waals surface area contributed by atoms with E-state index in [1.54, 1.807) is 47.2 Å². The molecule has 164 valence electrons. The molecule has 0 atom stereocenters. The summed E-state index contributed by atoms with van der Waals surface area (Å²) in [6.07, 6.45) is 3.15. The maximum absolute atomic E-state index is 12.8. The van der Waals surface area contributed by atoms with Crippen molar-refractivity contribution in [1.82, 2.24) is 9.88 Å². The normalized spacial score (nSPS) is 11.1. The summed E-state index contributed by atoms with van der Waals surface area (Å²) in [6.45, 7) is 0. The van der Waals surface area contributed by atoms with E-state index in [2.05, 4.69) is 21.2 Å². The molecule has 0 aliphatic carbocycles. The smallest absolute Gasteiger partial charge is 0.352 e. The van der Waals surface area contributed by atoms with Gasteiger partial charge in [-0.2, -0.15) is 0 Å². The highest BCUT2D eigenvalue weighted by Gasteiger charge is 2.17. The van der Waals surface area contributed by atoms with Crippen LogP contribution in [0.5, 0.6) is 11.5 Å². The summed E-state index contributed by atoms with van der Waals surface area (Å²) in [6, 6.07) is 27.1. The van der Waals surface area contributed by atoms with Gasteiger partial charge in [-0.25, -0.2) is 4.79 Å². The number of carbonyl (C=O) groups is 2. The molecule has 7 heteroatoms. The zero-order chi connectivity index (χ0) is 23.2. The fraction of sp³-hybridized carbons (Fsp3) is 0. The topological polar surface area (TPSA) is 80.6 Å². The lowest BCUT2D eigenvalue weighted by Crippen LogP contribution is -2.28. The van der Waals surface area contributed by atoms with Crippen LogP contribution < -0.4 is 10.1 Å². The summed E-state index contributed by atoms with van der Waals surface area (Å²) >= 11 is 3.43. The average molecular weight is 503 g/mol. The number of rotatable bonds is 7. The zero-order valence-electron chi connectivity index (χ0n) is 17.3. The number of nitrogens with one attached hydrogen (secondary N) is 1. The lowest BCUT2D eigenvalue weighted by atomic mass is 10.2. The molecule has 2 N–H and O–H groups in total. The quantitative estimate of drug-likeness (QED) is 0.309. The Hall–Kier alpha value is -4.10. The Labute approximate surface area is 198 Å². The van der Waals surface area contributed by atoms with E-state index >= 15 is 0 Å². The van der Waals surface area contributed by atoms with Crippen LogP contribution in [-0.2, 0) is 4.79 Å². The van der Waals surface area contributed by atoms with Crippen molar-refractivity contribution in [2.45, 2.75) is 0 Å². The van der Waals surface area contributed by atoms with Crippen molar-refractivity contribution in [3.63, 3.8) is 0 Å². The summed E-state index contributed by atoms with van der Waals surface area (Å²) in [4.78, 5) is 24.6. The molecule has 0 aliphatic rings. The van der Waals surface area contributed by atoms with Gasteiger partial charge in [0.1, 0.15) is 22.9 Å². The highest BCUT2D eigenvalue weighted by Crippen LogP contribution is 2.29. The molecule has 0 spiro atoms. The number of hydrogen-bond donors (Lipinski definition) is 2. The number of benzene rings is 3. The summed E-state index contributed by atoms with van der Waals surface area (Å²) in [5.41, 5.74) is 1.49. The summed E-state index contributed by atoms with van der Waals surface area (Å²) in [5.74, 6) is -0.498. The number of amides is 1. The number of carbonyl (C=O) groups excluding carboxylic acids is 1. The van der Waals surface area contributed by atoms with Gasteiger partial charge in [-0.15, -0.1) is 0 Å². The minimum atomic E-state index is -1.24. The SMILES string of the molecule is O=C(O)C(=Cc1ccc(Oc2ccccc2Br)cc1)NC(=O)c1cccn1-c1ccccc1. The van der Waals surface area contributed by atoms with E-state index in [4.69, 9.17) is 4.74 Å². The molecule has 0 radical (unpaired) electrons. The summed E-state index contributed by atoms with van der Waals surface area (Å²) < 4.78 is 8.35. The molecular formula is C26H19BrN2O4. The van der Waals surface area contributed by atoms with Gasteiger partial charge in [-0.3, -0.25) is 4.79 Å². The predicted molar refractivity (Wildman–Crippen MR) is 130 cm³/mol. The third-order valence-corrected chi connectivity index (χ3v) is 5.41. The number of para-hydroxylation sites is 2. The number of halogens is 1. The van der Waals surface area contributed by atoms with Crippen LogP contribution in [0.15, 0.2) is 107 Å². The van der Waals surface area contributed by atoms with Crippen molar-refractivity contribution in [3.05, 3.63) is 119 Å². The summed E-state index contributed by atoms with van der Waals surface area (Å²) in [7, 11) is 0. The van der Waals surface area contributed by atoms with E-state index in [9.17, 15) is 14.7 Å². The average Bonchev–Trinajstić information content (AvgIpc) is 3.32. The van der Waals surface area contributed by atoms with Crippen LogP contribution in [0.1, 0.15) is 16.1 Å². The molecule has 0 bridgehead atoms. The molecular weight excluding hydrogens is 484 g/mol. The number of carboxylic acids is 1. The number of carboxylic acid groups (broad SMARTS) is 1. The van der Waals surface area contributed by atoms with E-state index < -0.39 is 11.9 Å². The van der Waals surface area contributed by atoms with Crippen molar-refractivity contribution >= 4 is 33.9 Å². The van der Waals surface area contributed by atoms with Gasteiger partial charge in [0.25, 0.3) is 5.91 Å². The van der Waals surface area contributed by atoms with Crippen molar-refractivity contribution in [3.8, 4) is 17.2 Å². The second-order valence-corrected chi connectivity index (χ2v) is 7.87. The predicted octanol–water partition coefficient (Wildman–Crippen LogP) is 5.89. The molecule has 0 fully saturated rings. The molecule has 4 rings (SSSR count). The number of aliphatic carboxylic acids is 1. The van der Waals surface area contributed by atoms with Gasteiger partial charge >= 0.3 is 5.97 Å². The van der Waals surface area contributed by atoms with Crippen LogP contribution in [0.3, 0.4) is 0 Å². The fourth-order valence-electron chi connectivity index (χ4n) is 3.17. The molecule has 0 aliphatic heterocycles. The summed E-state index contributed by atoms with van der Waals surface area (Å²) in [5, 5.41) is 12.1. The Morgan fingerprint density at radius 3 is 2.27 bits per heavy atom. The van der Waals surface area contributed by atoms with Gasteiger partial charge in [-0.1, -0.05) is 42.5 Å². The Kier molecular flexibility index (Phi) is 6.71. The largest absolute Gasteiger partial charge is 0.477 e. The Balaban J connectivity index is 1.52. The highest BCUT2D eigenvalue weighted by molar-refractivity contribution is 9.10. The fourth-order valence-corrected chi connectivity index (χ4v) is 3.54. The third kappa shape index (κ3) is 5.39. The molecule has 0 saturated carbocycles. The van der Waals surface area contributed by atoms with E-state index in [1.807, 2.05) is 54.6 Å². The zero-order valence-corrected chi connectivity index (χ0v) is 18.9. The van der Waals surface area contributed by atoms with Crippen LogP contribution in [0.2, 0.25) is 0 Å². The highest BCUT2D eigenvalue weighted by atomic mass is 79.9. The van der Waals surface area contributed by atoms with Crippen molar-refractivity contribution in [2.24, 2.45) is 0 Å². The van der Waals surface area contributed by atoms with Gasteiger partial charge < -0.3 is 19.7 Å². The van der Waals surface area contributed by atoms with E-state index in [-0.39, 0.29) is 5.70 Å². The van der Waals surface area contributed by atoms with Gasteiger partial charge in [0.2, 0.25) is 0 Å². The number of nitrogens with zero attached hydrogens (tertiary/aromatic N) is 1. The lowest BCUT2D eigenvalue weighted by Gasteiger charge is -2.11. The van der Waals surface area contributed by atoms with Crippen molar-refractivity contribution in [2.75, 3.05) is 0 Å².